The average molecular weight is 487 g/mol. The number of likely N-dealkylation sites (tertiary alicyclic amines) is 1. The topological polar surface area (TPSA) is 119 Å². The number of carbonyl (C=O) groups is 1. The van der Waals surface area contributed by atoms with Crippen molar-refractivity contribution in [3.63, 3.8) is 0 Å². The van der Waals surface area contributed by atoms with Gasteiger partial charge in [0.05, 0.1) is 28.8 Å². The number of halogens is 3. The second-order valence-corrected chi connectivity index (χ2v) is 9.65. The molecule has 1 fully saturated rings. The van der Waals surface area contributed by atoms with Crippen LogP contribution in [-0.2, 0) is 16.2 Å². The van der Waals surface area contributed by atoms with Crippen molar-refractivity contribution in [2.24, 2.45) is 0 Å². The summed E-state index contributed by atoms with van der Waals surface area (Å²) in [4.78, 5) is 12.3. The molecule has 4 rings (SSSR count). The van der Waals surface area contributed by atoms with Crippen molar-refractivity contribution < 1.29 is 41.3 Å². The SMILES string of the molecule is O=C(O)Nc1ccc2c(c1)N(S(=O)(=O)c1cccc(C(F)(F)F)c1)CC(CN1CC(O)C1)O2. The van der Waals surface area contributed by atoms with E-state index < -0.39 is 45.0 Å². The van der Waals surface area contributed by atoms with Gasteiger partial charge in [-0.15, -0.1) is 0 Å². The van der Waals surface area contributed by atoms with Crippen LogP contribution in [0.1, 0.15) is 5.56 Å². The predicted octanol–water partition coefficient (Wildman–Crippen LogP) is 2.43. The van der Waals surface area contributed by atoms with Crippen LogP contribution in [0, 0.1) is 0 Å². The highest BCUT2D eigenvalue weighted by molar-refractivity contribution is 7.92. The molecule has 0 saturated carbocycles. The van der Waals surface area contributed by atoms with Crippen LogP contribution in [-0.4, -0.2) is 68.0 Å². The van der Waals surface area contributed by atoms with E-state index in [1.54, 1.807) is 0 Å². The zero-order chi connectivity index (χ0) is 24.0. The standard InChI is InChI=1S/C20H20F3N3O6S/c21-20(22,23)12-2-1-3-16(6-12)33(30,31)26-11-15(10-25-8-14(27)9-25)32-18-5-4-13(7-17(18)26)24-19(28)29/h1-7,14-15,24,27H,8-11H2,(H,28,29). The molecule has 2 aliphatic heterocycles. The van der Waals surface area contributed by atoms with Crippen LogP contribution in [0.2, 0.25) is 0 Å². The minimum Gasteiger partial charge on any atom is -0.485 e. The summed E-state index contributed by atoms with van der Waals surface area (Å²) in [6.45, 7) is 0.873. The van der Waals surface area contributed by atoms with Crippen molar-refractivity contribution >= 4 is 27.5 Å². The molecule has 1 unspecified atom stereocenters. The van der Waals surface area contributed by atoms with Crippen molar-refractivity contribution in [2.45, 2.75) is 23.3 Å². The number of β-amino-alcohol motifs (C(OH)–C–C–N with tert-alkyl or cyclic N) is 1. The number of benzene rings is 2. The van der Waals surface area contributed by atoms with Gasteiger partial charge in [-0.3, -0.25) is 14.5 Å². The van der Waals surface area contributed by atoms with Crippen LogP contribution in [0.5, 0.6) is 5.75 Å². The summed E-state index contributed by atoms with van der Waals surface area (Å²) in [5.74, 6) is 0.138. The van der Waals surface area contributed by atoms with Gasteiger partial charge in [0.25, 0.3) is 10.0 Å². The molecular formula is C20H20F3N3O6S. The van der Waals surface area contributed by atoms with Crippen molar-refractivity contribution in [1.29, 1.82) is 0 Å². The van der Waals surface area contributed by atoms with Crippen molar-refractivity contribution in [3.8, 4) is 5.75 Å². The van der Waals surface area contributed by atoms with E-state index >= 15 is 0 Å². The number of alkyl halides is 3. The summed E-state index contributed by atoms with van der Waals surface area (Å²) in [7, 11) is -4.46. The molecule has 2 heterocycles. The summed E-state index contributed by atoms with van der Waals surface area (Å²) in [6.07, 6.45) is -7.24. The summed E-state index contributed by atoms with van der Waals surface area (Å²) >= 11 is 0. The zero-order valence-corrected chi connectivity index (χ0v) is 17.8. The first-order valence-corrected chi connectivity index (χ1v) is 11.3. The van der Waals surface area contributed by atoms with E-state index in [4.69, 9.17) is 9.84 Å². The molecule has 3 N–H and O–H groups in total. The van der Waals surface area contributed by atoms with Gasteiger partial charge in [0.2, 0.25) is 0 Å². The third-order valence-electron chi connectivity index (χ3n) is 5.29. The van der Waals surface area contributed by atoms with Gasteiger partial charge in [-0.05, 0) is 36.4 Å². The number of hydrogen-bond donors (Lipinski definition) is 3. The summed E-state index contributed by atoms with van der Waals surface area (Å²) in [6, 6.07) is 7.45. The molecule has 0 aromatic heterocycles. The molecule has 9 nitrogen and oxygen atoms in total. The van der Waals surface area contributed by atoms with E-state index in [1.807, 2.05) is 4.90 Å². The highest BCUT2D eigenvalue weighted by atomic mass is 32.2. The van der Waals surface area contributed by atoms with Crippen molar-refractivity contribution in [3.05, 3.63) is 48.0 Å². The van der Waals surface area contributed by atoms with Crippen LogP contribution >= 0.6 is 0 Å². The fourth-order valence-corrected chi connectivity index (χ4v) is 5.32. The molecule has 0 bridgehead atoms. The molecule has 0 spiro atoms. The molecule has 0 radical (unpaired) electrons. The third-order valence-corrected chi connectivity index (χ3v) is 7.07. The summed E-state index contributed by atoms with van der Waals surface area (Å²) in [5, 5.41) is 20.6. The highest BCUT2D eigenvalue weighted by Crippen LogP contribution is 2.40. The lowest BCUT2D eigenvalue weighted by molar-refractivity contribution is -0.137. The Morgan fingerprint density at radius 1 is 1.15 bits per heavy atom. The fourth-order valence-electron chi connectivity index (χ4n) is 3.78. The number of rotatable bonds is 5. The molecule has 178 valence electrons. The van der Waals surface area contributed by atoms with Gasteiger partial charge in [0.15, 0.2) is 0 Å². The molecule has 0 aliphatic carbocycles. The molecule has 2 aromatic carbocycles. The number of nitrogens with one attached hydrogen (secondary N) is 1. The number of ether oxygens (including phenoxy) is 1. The largest absolute Gasteiger partial charge is 0.485 e. The van der Waals surface area contributed by atoms with Gasteiger partial charge in [0.1, 0.15) is 11.9 Å². The Bertz CT molecular complexity index is 1170. The minimum absolute atomic E-state index is 0.00134. The van der Waals surface area contributed by atoms with Crippen molar-refractivity contribution in [2.75, 3.05) is 35.8 Å². The van der Waals surface area contributed by atoms with Gasteiger partial charge in [-0.25, -0.2) is 13.2 Å². The van der Waals surface area contributed by atoms with Crippen LogP contribution in [0.15, 0.2) is 47.4 Å². The minimum atomic E-state index is -4.73. The Hall–Kier alpha value is -3.03. The number of aliphatic hydroxyl groups excluding tert-OH is 1. The van der Waals surface area contributed by atoms with Crippen molar-refractivity contribution in [1.82, 2.24) is 4.90 Å². The number of fused-ring (bicyclic) bond motifs is 1. The first kappa shape index (κ1) is 23.1. The van der Waals surface area contributed by atoms with Gasteiger partial charge in [0, 0.05) is 25.3 Å². The molecule has 1 amide bonds. The Labute approximate surface area is 187 Å². The van der Waals surface area contributed by atoms with Gasteiger partial charge >= 0.3 is 12.3 Å². The molecule has 13 heteroatoms. The van der Waals surface area contributed by atoms with Crippen LogP contribution < -0.4 is 14.4 Å². The maximum Gasteiger partial charge on any atom is 0.416 e. The van der Waals surface area contributed by atoms with E-state index in [2.05, 4.69) is 5.32 Å². The number of sulfonamides is 1. The van der Waals surface area contributed by atoms with E-state index in [0.717, 1.165) is 22.5 Å². The number of nitrogens with zero attached hydrogens (tertiary/aromatic N) is 2. The Balaban J connectivity index is 1.73. The summed E-state index contributed by atoms with van der Waals surface area (Å²) < 4.78 is 73.2. The third kappa shape index (κ3) is 4.84. The zero-order valence-electron chi connectivity index (χ0n) is 17.0. The second kappa shape index (κ2) is 8.39. The first-order chi connectivity index (χ1) is 15.4. The normalized spacial score (nSPS) is 19.4. The Morgan fingerprint density at radius 2 is 1.88 bits per heavy atom. The number of anilines is 2. The highest BCUT2D eigenvalue weighted by Gasteiger charge is 2.38. The van der Waals surface area contributed by atoms with Gasteiger partial charge in [-0.2, -0.15) is 13.2 Å². The number of amides is 1. The van der Waals surface area contributed by atoms with E-state index in [-0.39, 0.29) is 23.7 Å². The van der Waals surface area contributed by atoms with Crippen LogP contribution in [0.3, 0.4) is 0 Å². The van der Waals surface area contributed by atoms with Gasteiger partial charge in [-0.1, -0.05) is 6.07 Å². The Kier molecular flexibility index (Phi) is 5.88. The second-order valence-electron chi connectivity index (χ2n) is 7.79. The average Bonchev–Trinajstić information content (AvgIpc) is 2.71. The molecule has 2 aromatic rings. The van der Waals surface area contributed by atoms with Crippen LogP contribution in [0.4, 0.5) is 29.3 Å². The lowest BCUT2D eigenvalue weighted by atomic mass is 10.1. The van der Waals surface area contributed by atoms with Crippen LogP contribution in [0.25, 0.3) is 0 Å². The maximum atomic E-state index is 13.4. The maximum absolute atomic E-state index is 13.4. The van der Waals surface area contributed by atoms with E-state index in [0.29, 0.717) is 25.7 Å². The Morgan fingerprint density at radius 3 is 2.52 bits per heavy atom. The molecule has 2 aliphatic rings. The monoisotopic (exact) mass is 487 g/mol. The molecule has 1 saturated heterocycles. The molecule has 1 atom stereocenters. The lowest BCUT2D eigenvalue weighted by Gasteiger charge is -2.41. The fraction of sp³-hybridized carbons (Fsp3) is 0.350. The molecular weight excluding hydrogens is 467 g/mol. The smallest absolute Gasteiger partial charge is 0.416 e. The first-order valence-electron chi connectivity index (χ1n) is 9.84. The number of carboxylic acid groups (broad SMARTS) is 1. The van der Waals surface area contributed by atoms with E-state index in [9.17, 15) is 31.5 Å². The quantitative estimate of drug-likeness (QED) is 0.593. The number of hydrogen-bond acceptors (Lipinski definition) is 6. The van der Waals surface area contributed by atoms with E-state index in [1.165, 1.54) is 18.2 Å². The van der Waals surface area contributed by atoms with Gasteiger partial charge < -0.3 is 14.9 Å². The lowest BCUT2D eigenvalue weighted by Crippen LogP contribution is -2.56. The summed E-state index contributed by atoms with van der Waals surface area (Å²) in [5.41, 5.74) is -1.04. The predicted molar refractivity (Wildman–Crippen MR) is 111 cm³/mol. The molecule has 33 heavy (non-hydrogen) atoms. The number of aliphatic hydroxyl groups is 1.